The molecule has 1 aromatic heterocycles. The zero-order valence-electron chi connectivity index (χ0n) is 9.68. The average molecular weight is 281 g/mol. The van der Waals surface area contributed by atoms with Crippen molar-refractivity contribution in [2.24, 2.45) is 5.73 Å². The number of hydrogen-bond donors (Lipinski definition) is 2. The first-order valence-corrected chi connectivity index (χ1v) is 6.40. The Morgan fingerprint density at radius 1 is 1.44 bits per heavy atom. The van der Waals surface area contributed by atoms with Gasteiger partial charge in [0.25, 0.3) is 0 Å². The third-order valence-electron chi connectivity index (χ3n) is 2.95. The zero-order chi connectivity index (χ0) is 11.7. The predicted molar refractivity (Wildman–Crippen MR) is 72.7 cm³/mol. The SMILES string of the molecule is Cc1[nH]c2c(Br)cccc2c1CCC(C)N. The number of nitrogens with two attached hydrogens (primary N) is 1. The van der Waals surface area contributed by atoms with Crippen LogP contribution < -0.4 is 5.73 Å². The largest absolute Gasteiger partial charge is 0.357 e. The lowest BCUT2D eigenvalue weighted by Crippen LogP contribution is -2.15. The topological polar surface area (TPSA) is 41.8 Å². The molecule has 0 saturated heterocycles. The fraction of sp³-hybridized carbons (Fsp3) is 0.385. The first-order valence-electron chi connectivity index (χ1n) is 5.61. The molecular weight excluding hydrogens is 264 g/mol. The Morgan fingerprint density at radius 2 is 2.19 bits per heavy atom. The summed E-state index contributed by atoms with van der Waals surface area (Å²) in [5, 5.41) is 1.31. The molecule has 0 fully saturated rings. The molecule has 3 heteroatoms. The molecule has 0 saturated carbocycles. The second-order valence-electron chi connectivity index (χ2n) is 4.41. The van der Waals surface area contributed by atoms with Gasteiger partial charge in [0, 0.05) is 21.6 Å². The standard InChI is InChI=1S/C13H17BrN2/c1-8(15)6-7-10-9(2)16-13-11(10)4-3-5-12(13)14/h3-5,8,16H,6-7,15H2,1-2H3. The van der Waals surface area contributed by atoms with E-state index in [0.29, 0.717) is 0 Å². The van der Waals surface area contributed by atoms with Gasteiger partial charge in [0.2, 0.25) is 0 Å². The maximum absolute atomic E-state index is 5.81. The summed E-state index contributed by atoms with van der Waals surface area (Å²) in [6.07, 6.45) is 2.07. The fourth-order valence-corrected chi connectivity index (χ4v) is 2.53. The van der Waals surface area contributed by atoms with Gasteiger partial charge in [-0.05, 0) is 54.2 Å². The first-order chi connectivity index (χ1) is 7.59. The van der Waals surface area contributed by atoms with Crippen LogP contribution in [0, 0.1) is 6.92 Å². The fourth-order valence-electron chi connectivity index (χ4n) is 2.06. The van der Waals surface area contributed by atoms with E-state index in [0.717, 1.165) is 17.3 Å². The van der Waals surface area contributed by atoms with Crippen molar-refractivity contribution in [3.05, 3.63) is 33.9 Å². The molecule has 3 N–H and O–H groups in total. The lowest BCUT2D eigenvalue weighted by Gasteiger charge is -2.05. The third kappa shape index (κ3) is 2.15. The smallest absolute Gasteiger partial charge is 0.0603 e. The number of nitrogens with one attached hydrogen (secondary N) is 1. The molecule has 2 rings (SSSR count). The van der Waals surface area contributed by atoms with Crippen LogP contribution in [-0.4, -0.2) is 11.0 Å². The number of para-hydroxylation sites is 1. The Labute approximate surface area is 104 Å². The molecule has 0 radical (unpaired) electrons. The molecule has 1 unspecified atom stereocenters. The van der Waals surface area contributed by atoms with Gasteiger partial charge in [-0.15, -0.1) is 0 Å². The Morgan fingerprint density at radius 3 is 2.88 bits per heavy atom. The summed E-state index contributed by atoms with van der Waals surface area (Å²) in [7, 11) is 0. The van der Waals surface area contributed by atoms with Gasteiger partial charge in [-0.3, -0.25) is 0 Å². The Kier molecular flexibility index (Phi) is 3.36. The predicted octanol–water partition coefficient (Wildman–Crippen LogP) is 3.52. The number of aromatic amines is 1. The van der Waals surface area contributed by atoms with E-state index in [9.17, 15) is 0 Å². The van der Waals surface area contributed by atoms with E-state index in [1.54, 1.807) is 0 Å². The van der Waals surface area contributed by atoms with Crippen LogP contribution in [0.2, 0.25) is 0 Å². The van der Waals surface area contributed by atoms with Crippen molar-refractivity contribution in [2.45, 2.75) is 32.7 Å². The summed E-state index contributed by atoms with van der Waals surface area (Å²) in [4.78, 5) is 3.43. The summed E-state index contributed by atoms with van der Waals surface area (Å²) < 4.78 is 1.13. The van der Waals surface area contributed by atoms with Gasteiger partial charge < -0.3 is 10.7 Å². The van der Waals surface area contributed by atoms with Crippen molar-refractivity contribution >= 4 is 26.8 Å². The quantitative estimate of drug-likeness (QED) is 0.888. The van der Waals surface area contributed by atoms with Crippen LogP contribution in [0.15, 0.2) is 22.7 Å². The highest BCUT2D eigenvalue weighted by Crippen LogP contribution is 2.28. The molecule has 1 aromatic carbocycles. The number of benzene rings is 1. The average Bonchev–Trinajstić information content (AvgIpc) is 2.53. The molecule has 0 aliphatic rings. The summed E-state index contributed by atoms with van der Waals surface area (Å²) in [6, 6.07) is 6.57. The number of halogens is 1. The van der Waals surface area contributed by atoms with Gasteiger partial charge >= 0.3 is 0 Å². The van der Waals surface area contributed by atoms with Crippen molar-refractivity contribution in [2.75, 3.05) is 0 Å². The van der Waals surface area contributed by atoms with Crippen LogP contribution >= 0.6 is 15.9 Å². The molecule has 0 amide bonds. The van der Waals surface area contributed by atoms with Crippen LogP contribution in [-0.2, 0) is 6.42 Å². The lowest BCUT2D eigenvalue weighted by molar-refractivity contribution is 0.666. The molecule has 0 bridgehead atoms. The van der Waals surface area contributed by atoms with Crippen molar-refractivity contribution in [1.29, 1.82) is 0 Å². The highest BCUT2D eigenvalue weighted by Gasteiger charge is 2.10. The summed E-state index contributed by atoms with van der Waals surface area (Å²) >= 11 is 3.57. The van der Waals surface area contributed by atoms with Crippen molar-refractivity contribution in [3.8, 4) is 0 Å². The molecule has 0 aliphatic heterocycles. The molecular formula is C13H17BrN2. The van der Waals surface area contributed by atoms with E-state index in [1.165, 1.54) is 22.2 Å². The Balaban J connectivity index is 2.44. The lowest BCUT2D eigenvalue weighted by atomic mass is 10.0. The second-order valence-corrected chi connectivity index (χ2v) is 5.26. The highest BCUT2D eigenvalue weighted by molar-refractivity contribution is 9.10. The van der Waals surface area contributed by atoms with Gasteiger partial charge in [-0.2, -0.15) is 0 Å². The normalized spacial score (nSPS) is 13.2. The molecule has 1 heterocycles. The summed E-state index contributed by atoms with van der Waals surface area (Å²) in [6.45, 7) is 4.18. The van der Waals surface area contributed by atoms with Crippen LogP contribution in [0.5, 0.6) is 0 Å². The maximum Gasteiger partial charge on any atom is 0.0603 e. The van der Waals surface area contributed by atoms with Gasteiger partial charge in [-0.1, -0.05) is 12.1 Å². The van der Waals surface area contributed by atoms with E-state index in [4.69, 9.17) is 5.73 Å². The number of fused-ring (bicyclic) bond motifs is 1. The number of aryl methyl sites for hydroxylation is 2. The maximum atomic E-state index is 5.81. The summed E-state index contributed by atoms with van der Waals surface area (Å²) in [5.74, 6) is 0. The summed E-state index contributed by atoms with van der Waals surface area (Å²) in [5.41, 5.74) is 9.66. The highest BCUT2D eigenvalue weighted by atomic mass is 79.9. The zero-order valence-corrected chi connectivity index (χ0v) is 11.3. The van der Waals surface area contributed by atoms with E-state index in [-0.39, 0.29) is 6.04 Å². The molecule has 0 spiro atoms. The molecule has 1 atom stereocenters. The minimum absolute atomic E-state index is 0.261. The van der Waals surface area contributed by atoms with Crippen molar-refractivity contribution < 1.29 is 0 Å². The number of H-pyrrole nitrogens is 1. The van der Waals surface area contributed by atoms with Crippen LogP contribution in [0.1, 0.15) is 24.6 Å². The molecule has 2 aromatic rings. The molecule has 0 aliphatic carbocycles. The minimum atomic E-state index is 0.261. The number of aromatic nitrogens is 1. The van der Waals surface area contributed by atoms with Crippen LogP contribution in [0.4, 0.5) is 0 Å². The van der Waals surface area contributed by atoms with Gasteiger partial charge in [0.15, 0.2) is 0 Å². The number of rotatable bonds is 3. The Bertz CT molecular complexity index is 500. The van der Waals surface area contributed by atoms with Gasteiger partial charge in [-0.25, -0.2) is 0 Å². The first kappa shape index (κ1) is 11.7. The molecule has 16 heavy (non-hydrogen) atoms. The van der Waals surface area contributed by atoms with Crippen LogP contribution in [0.3, 0.4) is 0 Å². The molecule has 2 nitrogen and oxygen atoms in total. The Hall–Kier alpha value is -0.800. The minimum Gasteiger partial charge on any atom is -0.357 e. The van der Waals surface area contributed by atoms with E-state index < -0.39 is 0 Å². The molecule has 86 valence electrons. The third-order valence-corrected chi connectivity index (χ3v) is 3.61. The van der Waals surface area contributed by atoms with Crippen molar-refractivity contribution in [3.63, 3.8) is 0 Å². The van der Waals surface area contributed by atoms with Gasteiger partial charge in [0.1, 0.15) is 0 Å². The van der Waals surface area contributed by atoms with E-state index >= 15 is 0 Å². The van der Waals surface area contributed by atoms with Gasteiger partial charge in [0.05, 0.1) is 5.52 Å². The van der Waals surface area contributed by atoms with Crippen LogP contribution in [0.25, 0.3) is 10.9 Å². The monoisotopic (exact) mass is 280 g/mol. The number of hydrogen-bond acceptors (Lipinski definition) is 1. The van der Waals surface area contributed by atoms with E-state index in [2.05, 4.69) is 53.0 Å². The van der Waals surface area contributed by atoms with Crippen molar-refractivity contribution in [1.82, 2.24) is 4.98 Å². The second kappa shape index (κ2) is 4.60. The van der Waals surface area contributed by atoms with E-state index in [1.807, 2.05) is 0 Å².